The number of hydrogen-bond donors (Lipinski definition) is 1. The van der Waals surface area contributed by atoms with Crippen molar-refractivity contribution in [3.63, 3.8) is 0 Å². The zero-order valence-corrected chi connectivity index (χ0v) is 10.7. The van der Waals surface area contributed by atoms with Crippen LogP contribution in [0.2, 0.25) is 5.02 Å². The van der Waals surface area contributed by atoms with Gasteiger partial charge in [0.15, 0.2) is 0 Å². The van der Waals surface area contributed by atoms with E-state index < -0.39 is 0 Å². The Morgan fingerprint density at radius 1 is 1.44 bits per heavy atom. The van der Waals surface area contributed by atoms with Crippen molar-refractivity contribution in [2.24, 2.45) is 0 Å². The third kappa shape index (κ3) is 2.87. The number of rotatable bonds is 4. The SMILES string of the molecule is CCNc1ccc(Cl)c(Cn2cccnc2=O)n1. The molecule has 0 saturated heterocycles. The summed E-state index contributed by atoms with van der Waals surface area (Å²) in [6, 6.07) is 5.27. The van der Waals surface area contributed by atoms with Crippen LogP contribution in [-0.4, -0.2) is 21.1 Å². The molecule has 1 N–H and O–H groups in total. The highest BCUT2D eigenvalue weighted by molar-refractivity contribution is 6.31. The minimum atomic E-state index is -0.316. The summed E-state index contributed by atoms with van der Waals surface area (Å²) in [5.74, 6) is 0.744. The lowest BCUT2D eigenvalue weighted by Gasteiger charge is -2.08. The van der Waals surface area contributed by atoms with Crippen molar-refractivity contribution in [1.82, 2.24) is 14.5 Å². The molecule has 0 fully saturated rings. The number of nitrogens with zero attached hydrogens (tertiary/aromatic N) is 3. The molecule has 2 aromatic rings. The highest BCUT2D eigenvalue weighted by Crippen LogP contribution is 2.17. The normalized spacial score (nSPS) is 10.3. The van der Waals surface area contributed by atoms with Crippen molar-refractivity contribution < 1.29 is 0 Å². The van der Waals surface area contributed by atoms with Crippen LogP contribution in [0, 0.1) is 0 Å². The standard InChI is InChI=1S/C12H13ClN4O/c1-2-14-11-5-4-9(13)10(16-11)8-17-7-3-6-15-12(17)18/h3-7H,2,8H2,1H3,(H,14,16). The molecule has 2 rings (SSSR count). The zero-order chi connectivity index (χ0) is 13.0. The molecular weight excluding hydrogens is 252 g/mol. The first-order valence-corrected chi connectivity index (χ1v) is 5.99. The fourth-order valence-corrected chi connectivity index (χ4v) is 1.71. The van der Waals surface area contributed by atoms with Crippen molar-refractivity contribution >= 4 is 17.4 Å². The van der Waals surface area contributed by atoms with E-state index in [1.54, 1.807) is 24.4 Å². The van der Waals surface area contributed by atoms with E-state index in [0.29, 0.717) is 17.3 Å². The van der Waals surface area contributed by atoms with E-state index in [2.05, 4.69) is 15.3 Å². The van der Waals surface area contributed by atoms with Crippen molar-refractivity contribution in [2.45, 2.75) is 13.5 Å². The van der Waals surface area contributed by atoms with Gasteiger partial charge in [-0.15, -0.1) is 0 Å². The van der Waals surface area contributed by atoms with Crippen molar-refractivity contribution in [1.29, 1.82) is 0 Å². The van der Waals surface area contributed by atoms with Crippen LogP contribution in [0.1, 0.15) is 12.6 Å². The van der Waals surface area contributed by atoms with Crippen LogP contribution in [0.15, 0.2) is 35.4 Å². The Kier molecular flexibility index (Phi) is 3.94. The predicted molar refractivity (Wildman–Crippen MR) is 71.0 cm³/mol. The number of pyridine rings is 1. The average Bonchev–Trinajstić information content (AvgIpc) is 2.36. The van der Waals surface area contributed by atoms with Gasteiger partial charge >= 0.3 is 5.69 Å². The van der Waals surface area contributed by atoms with Gasteiger partial charge in [-0.2, -0.15) is 0 Å². The van der Waals surface area contributed by atoms with E-state index in [9.17, 15) is 4.79 Å². The molecule has 0 spiro atoms. The van der Waals surface area contributed by atoms with E-state index in [1.165, 1.54) is 10.8 Å². The van der Waals surface area contributed by atoms with Gasteiger partial charge in [-0.1, -0.05) is 11.6 Å². The molecule has 2 heterocycles. The topological polar surface area (TPSA) is 59.8 Å². The summed E-state index contributed by atoms with van der Waals surface area (Å²) in [4.78, 5) is 19.6. The van der Waals surface area contributed by atoms with Crippen LogP contribution in [0.5, 0.6) is 0 Å². The summed E-state index contributed by atoms with van der Waals surface area (Å²) in [6.45, 7) is 3.08. The molecule has 0 unspecified atom stereocenters. The monoisotopic (exact) mass is 264 g/mol. The van der Waals surface area contributed by atoms with E-state index in [4.69, 9.17) is 11.6 Å². The largest absolute Gasteiger partial charge is 0.370 e. The van der Waals surface area contributed by atoms with Crippen molar-refractivity contribution in [2.75, 3.05) is 11.9 Å². The van der Waals surface area contributed by atoms with Crippen LogP contribution in [0.25, 0.3) is 0 Å². The summed E-state index contributed by atoms with van der Waals surface area (Å²) < 4.78 is 1.46. The van der Waals surface area contributed by atoms with Gasteiger partial charge in [0.05, 0.1) is 17.3 Å². The summed E-state index contributed by atoms with van der Waals surface area (Å²) in [7, 11) is 0. The molecule has 0 aromatic carbocycles. The highest BCUT2D eigenvalue weighted by atomic mass is 35.5. The number of anilines is 1. The van der Waals surface area contributed by atoms with E-state index in [-0.39, 0.29) is 5.69 Å². The van der Waals surface area contributed by atoms with Crippen LogP contribution in [0.3, 0.4) is 0 Å². The van der Waals surface area contributed by atoms with Gasteiger partial charge in [0.1, 0.15) is 5.82 Å². The minimum absolute atomic E-state index is 0.310. The van der Waals surface area contributed by atoms with Gasteiger partial charge in [-0.3, -0.25) is 4.57 Å². The Morgan fingerprint density at radius 2 is 2.28 bits per heavy atom. The van der Waals surface area contributed by atoms with Gasteiger partial charge in [0.25, 0.3) is 0 Å². The Morgan fingerprint density at radius 3 is 3.00 bits per heavy atom. The van der Waals surface area contributed by atoms with Crippen molar-refractivity contribution in [3.05, 3.63) is 51.8 Å². The molecule has 0 aliphatic carbocycles. The molecule has 5 nitrogen and oxygen atoms in total. The second kappa shape index (κ2) is 5.64. The van der Waals surface area contributed by atoms with Gasteiger partial charge < -0.3 is 5.32 Å². The Balaban J connectivity index is 2.31. The summed E-state index contributed by atoms with van der Waals surface area (Å²) in [5, 5.41) is 3.64. The molecule has 18 heavy (non-hydrogen) atoms. The number of hydrogen-bond acceptors (Lipinski definition) is 4. The lowest BCUT2D eigenvalue weighted by Crippen LogP contribution is -2.22. The fraction of sp³-hybridized carbons (Fsp3) is 0.250. The van der Waals surface area contributed by atoms with Crippen LogP contribution < -0.4 is 11.0 Å². The molecule has 0 aliphatic rings. The minimum Gasteiger partial charge on any atom is -0.370 e. The van der Waals surface area contributed by atoms with Crippen molar-refractivity contribution in [3.8, 4) is 0 Å². The molecule has 6 heteroatoms. The second-order valence-electron chi connectivity index (χ2n) is 3.69. The average molecular weight is 265 g/mol. The molecule has 0 bridgehead atoms. The molecule has 0 saturated carbocycles. The van der Waals surface area contributed by atoms with E-state index in [1.807, 2.05) is 6.92 Å². The maximum atomic E-state index is 11.5. The first-order valence-electron chi connectivity index (χ1n) is 5.61. The highest BCUT2D eigenvalue weighted by Gasteiger charge is 2.06. The maximum absolute atomic E-state index is 11.5. The third-order valence-electron chi connectivity index (χ3n) is 2.38. The third-order valence-corrected chi connectivity index (χ3v) is 2.72. The first kappa shape index (κ1) is 12.6. The number of halogens is 1. The maximum Gasteiger partial charge on any atom is 0.347 e. The Labute approximate surface area is 109 Å². The lowest BCUT2D eigenvalue weighted by atomic mass is 10.3. The predicted octanol–water partition coefficient (Wildman–Crippen LogP) is 1.77. The molecule has 2 aromatic heterocycles. The second-order valence-corrected chi connectivity index (χ2v) is 4.09. The fourth-order valence-electron chi connectivity index (χ4n) is 1.54. The van der Waals surface area contributed by atoms with Crippen LogP contribution in [0.4, 0.5) is 5.82 Å². The lowest BCUT2D eigenvalue weighted by molar-refractivity contribution is 0.711. The summed E-state index contributed by atoms with van der Waals surface area (Å²) in [5.41, 5.74) is 0.328. The molecule has 0 aliphatic heterocycles. The van der Waals surface area contributed by atoms with E-state index >= 15 is 0 Å². The smallest absolute Gasteiger partial charge is 0.347 e. The zero-order valence-electron chi connectivity index (χ0n) is 9.93. The van der Waals surface area contributed by atoms with Gasteiger partial charge in [-0.05, 0) is 25.1 Å². The first-order chi connectivity index (χ1) is 8.70. The Hall–Kier alpha value is -1.88. The molecule has 0 atom stereocenters. The van der Waals surface area contributed by atoms with Crippen LogP contribution in [-0.2, 0) is 6.54 Å². The van der Waals surface area contributed by atoms with Gasteiger partial charge in [0.2, 0.25) is 0 Å². The number of nitrogens with one attached hydrogen (secondary N) is 1. The number of aromatic nitrogens is 3. The van der Waals surface area contributed by atoms with E-state index in [0.717, 1.165) is 12.4 Å². The van der Waals surface area contributed by atoms with Gasteiger partial charge in [0, 0.05) is 18.9 Å². The van der Waals surface area contributed by atoms with Gasteiger partial charge in [-0.25, -0.2) is 14.8 Å². The molecule has 0 radical (unpaired) electrons. The quantitative estimate of drug-likeness (QED) is 0.914. The molecular formula is C12H13ClN4O. The van der Waals surface area contributed by atoms with Crippen LogP contribution >= 0.6 is 11.6 Å². The molecule has 0 amide bonds. The molecule has 94 valence electrons. The summed E-state index contributed by atoms with van der Waals surface area (Å²) >= 11 is 6.07. The summed E-state index contributed by atoms with van der Waals surface area (Å²) in [6.07, 6.45) is 3.12. The Bertz CT molecular complexity index is 597.